The third kappa shape index (κ3) is 4.33. The molecular formula is C17H23NO2S. The highest BCUT2D eigenvalue weighted by atomic mass is 32.1. The van der Waals surface area contributed by atoms with E-state index >= 15 is 0 Å². The number of nitrogens with one attached hydrogen (secondary N) is 1. The summed E-state index contributed by atoms with van der Waals surface area (Å²) in [5.41, 5.74) is 0. The lowest BCUT2D eigenvalue weighted by atomic mass is 9.78. The molecule has 0 aliphatic heterocycles. The molecule has 1 aliphatic carbocycles. The van der Waals surface area contributed by atoms with Gasteiger partial charge in [0.2, 0.25) is 0 Å². The van der Waals surface area contributed by atoms with Gasteiger partial charge in [0.05, 0.1) is 9.75 Å². The van der Waals surface area contributed by atoms with Crippen molar-refractivity contribution in [1.82, 2.24) is 5.32 Å². The maximum atomic E-state index is 12.4. The third-order valence-corrected chi connectivity index (χ3v) is 5.11. The van der Waals surface area contributed by atoms with E-state index in [4.69, 9.17) is 5.11 Å². The summed E-state index contributed by atoms with van der Waals surface area (Å²) in [6.07, 6.45) is 4.76. The summed E-state index contributed by atoms with van der Waals surface area (Å²) < 4.78 is 0. The van der Waals surface area contributed by atoms with Crippen molar-refractivity contribution in [1.29, 1.82) is 0 Å². The Labute approximate surface area is 130 Å². The topological polar surface area (TPSA) is 49.3 Å². The largest absolute Gasteiger partial charge is 0.384 e. The highest BCUT2D eigenvalue weighted by Crippen LogP contribution is 2.30. The molecule has 2 atom stereocenters. The average Bonchev–Trinajstić information content (AvgIpc) is 2.94. The van der Waals surface area contributed by atoms with Crippen molar-refractivity contribution in [2.75, 3.05) is 6.61 Å². The van der Waals surface area contributed by atoms with Crippen LogP contribution >= 0.6 is 11.3 Å². The van der Waals surface area contributed by atoms with E-state index in [0.717, 1.165) is 11.3 Å². The fourth-order valence-corrected chi connectivity index (χ4v) is 3.81. The van der Waals surface area contributed by atoms with Gasteiger partial charge in [-0.2, -0.15) is 0 Å². The van der Waals surface area contributed by atoms with Crippen molar-refractivity contribution < 1.29 is 9.90 Å². The molecule has 2 unspecified atom stereocenters. The summed E-state index contributed by atoms with van der Waals surface area (Å²) in [6, 6.07) is 3.94. The first-order valence-electron chi connectivity index (χ1n) is 7.62. The Kier molecular flexibility index (Phi) is 5.84. The Balaban J connectivity index is 2.01. The molecule has 1 fully saturated rings. The normalized spacial score (nSPS) is 21.7. The molecule has 3 nitrogen and oxygen atoms in total. The molecule has 0 radical (unpaired) electrons. The van der Waals surface area contributed by atoms with Crippen molar-refractivity contribution in [2.45, 2.75) is 45.6 Å². The maximum Gasteiger partial charge on any atom is 0.261 e. The van der Waals surface area contributed by atoms with Gasteiger partial charge in [0, 0.05) is 6.04 Å². The van der Waals surface area contributed by atoms with Crippen molar-refractivity contribution >= 4 is 17.2 Å². The van der Waals surface area contributed by atoms with Crippen molar-refractivity contribution in [3.05, 3.63) is 21.9 Å². The van der Waals surface area contributed by atoms with Crippen LogP contribution in [0.2, 0.25) is 0 Å². The predicted molar refractivity (Wildman–Crippen MR) is 86.3 cm³/mol. The monoisotopic (exact) mass is 305 g/mol. The van der Waals surface area contributed by atoms with Crippen LogP contribution < -0.4 is 5.32 Å². The molecule has 0 bridgehead atoms. The van der Waals surface area contributed by atoms with E-state index in [-0.39, 0.29) is 12.5 Å². The minimum atomic E-state index is -0.155. The molecule has 0 spiro atoms. The number of rotatable bonds is 3. The number of thiophene rings is 1. The summed E-state index contributed by atoms with van der Waals surface area (Å²) in [4.78, 5) is 13.9. The van der Waals surface area contributed by atoms with Crippen molar-refractivity contribution in [3.63, 3.8) is 0 Å². The molecule has 1 aromatic heterocycles. The summed E-state index contributed by atoms with van der Waals surface area (Å²) in [6.45, 7) is 4.32. The number of carbonyl (C=O) groups excluding carboxylic acids is 1. The molecule has 0 aromatic carbocycles. The van der Waals surface area contributed by atoms with Crippen LogP contribution in [0, 0.1) is 23.7 Å². The van der Waals surface area contributed by atoms with Gasteiger partial charge in [-0.05, 0) is 36.8 Å². The highest BCUT2D eigenvalue weighted by Gasteiger charge is 2.29. The van der Waals surface area contributed by atoms with E-state index in [1.165, 1.54) is 30.6 Å². The fraction of sp³-hybridized carbons (Fsp3) is 0.588. The van der Waals surface area contributed by atoms with Gasteiger partial charge in [-0.25, -0.2) is 0 Å². The quantitative estimate of drug-likeness (QED) is 0.843. The first-order chi connectivity index (χ1) is 10.1. The van der Waals surface area contributed by atoms with Gasteiger partial charge >= 0.3 is 0 Å². The molecule has 114 valence electrons. The third-order valence-electron chi connectivity index (χ3n) is 4.11. The second kappa shape index (κ2) is 7.63. The molecule has 1 aliphatic rings. The summed E-state index contributed by atoms with van der Waals surface area (Å²) in [7, 11) is 0. The van der Waals surface area contributed by atoms with E-state index in [1.54, 1.807) is 0 Å². The SMILES string of the molecule is CC(C)C1CCCCC1NC(=O)c1ccc(C#CCO)s1. The van der Waals surface area contributed by atoms with E-state index in [2.05, 4.69) is 31.0 Å². The lowest BCUT2D eigenvalue weighted by Gasteiger charge is -2.34. The van der Waals surface area contributed by atoms with Crippen LogP contribution in [-0.4, -0.2) is 23.7 Å². The second-order valence-electron chi connectivity index (χ2n) is 5.90. The molecule has 4 heteroatoms. The number of hydrogen-bond acceptors (Lipinski definition) is 3. The van der Waals surface area contributed by atoms with Crippen LogP contribution in [0.15, 0.2) is 12.1 Å². The molecular weight excluding hydrogens is 282 g/mol. The Hall–Kier alpha value is -1.31. The smallest absolute Gasteiger partial charge is 0.261 e. The number of aliphatic hydroxyl groups excluding tert-OH is 1. The molecule has 2 rings (SSSR count). The standard InChI is InChI=1S/C17H23NO2S/c1-12(2)14-7-3-4-8-15(14)18-17(20)16-10-9-13(21-16)6-5-11-19/h9-10,12,14-15,19H,3-4,7-8,11H2,1-2H3,(H,18,20). The Morgan fingerprint density at radius 1 is 1.43 bits per heavy atom. The molecule has 21 heavy (non-hydrogen) atoms. The van der Waals surface area contributed by atoms with Gasteiger partial charge < -0.3 is 10.4 Å². The van der Waals surface area contributed by atoms with Gasteiger partial charge in [0.15, 0.2) is 0 Å². The Morgan fingerprint density at radius 3 is 2.90 bits per heavy atom. The zero-order chi connectivity index (χ0) is 15.2. The first kappa shape index (κ1) is 16.1. The Morgan fingerprint density at radius 2 is 2.19 bits per heavy atom. The molecule has 0 saturated heterocycles. The van der Waals surface area contributed by atoms with Crippen LogP contribution in [-0.2, 0) is 0 Å². The van der Waals surface area contributed by atoms with Crippen molar-refractivity contribution in [2.24, 2.45) is 11.8 Å². The lowest BCUT2D eigenvalue weighted by Crippen LogP contribution is -2.43. The minimum absolute atomic E-state index is 0.00889. The average molecular weight is 305 g/mol. The van der Waals surface area contributed by atoms with Crippen LogP contribution in [0.1, 0.15) is 54.1 Å². The lowest BCUT2D eigenvalue weighted by molar-refractivity contribution is 0.0893. The van der Waals surface area contributed by atoms with E-state index in [1.807, 2.05) is 12.1 Å². The van der Waals surface area contributed by atoms with Crippen LogP contribution in [0.25, 0.3) is 0 Å². The zero-order valence-electron chi connectivity index (χ0n) is 12.7. The fourth-order valence-electron chi connectivity index (χ4n) is 3.03. The number of hydrogen-bond donors (Lipinski definition) is 2. The van der Waals surface area contributed by atoms with Gasteiger partial charge in [-0.15, -0.1) is 11.3 Å². The number of carbonyl (C=O) groups is 1. The van der Waals surface area contributed by atoms with Crippen LogP contribution in [0.3, 0.4) is 0 Å². The highest BCUT2D eigenvalue weighted by molar-refractivity contribution is 7.14. The zero-order valence-corrected chi connectivity index (χ0v) is 13.5. The van der Waals surface area contributed by atoms with E-state index < -0.39 is 0 Å². The Bertz CT molecular complexity index is 538. The molecule has 2 N–H and O–H groups in total. The van der Waals surface area contributed by atoms with E-state index in [0.29, 0.717) is 22.8 Å². The predicted octanol–water partition coefficient (Wildman–Crippen LogP) is 3.04. The van der Waals surface area contributed by atoms with Crippen molar-refractivity contribution in [3.8, 4) is 11.8 Å². The molecule has 1 heterocycles. The molecule has 1 aromatic rings. The summed E-state index contributed by atoms with van der Waals surface area (Å²) in [5, 5.41) is 11.9. The van der Waals surface area contributed by atoms with Gasteiger partial charge in [-0.3, -0.25) is 4.79 Å². The molecule has 1 saturated carbocycles. The molecule has 1 amide bonds. The minimum Gasteiger partial charge on any atom is -0.384 e. The van der Waals surface area contributed by atoms with Crippen LogP contribution in [0.4, 0.5) is 0 Å². The van der Waals surface area contributed by atoms with Crippen LogP contribution in [0.5, 0.6) is 0 Å². The van der Waals surface area contributed by atoms with E-state index in [9.17, 15) is 4.79 Å². The second-order valence-corrected chi connectivity index (χ2v) is 6.98. The first-order valence-corrected chi connectivity index (χ1v) is 8.44. The summed E-state index contributed by atoms with van der Waals surface area (Å²) in [5.74, 6) is 6.63. The van der Waals surface area contributed by atoms with Gasteiger partial charge in [-0.1, -0.05) is 38.5 Å². The maximum absolute atomic E-state index is 12.4. The van der Waals surface area contributed by atoms with Gasteiger partial charge in [0.1, 0.15) is 6.61 Å². The van der Waals surface area contributed by atoms with Gasteiger partial charge in [0.25, 0.3) is 5.91 Å². The number of amides is 1. The summed E-state index contributed by atoms with van der Waals surface area (Å²) >= 11 is 1.38. The number of aliphatic hydroxyl groups is 1.